The number of nitrogens with one attached hydrogen (secondary N) is 1. The van der Waals surface area contributed by atoms with Crippen molar-refractivity contribution in [3.05, 3.63) is 12.4 Å². The van der Waals surface area contributed by atoms with Crippen LogP contribution in [0.25, 0.3) is 0 Å². The smallest absolute Gasteiger partial charge is 0.109 e. The molecule has 0 aliphatic heterocycles. The zero-order valence-electron chi connectivity index (χ0n) is 12.3. The predicted octanol–water partition coefficient (Wildman–Crippen LogP) is 4.30. The van der Waals surface area contributed by atoms with Gasteiger partial charge < -0.3 is 5.73 Å². The lowest BCUT2D eigenvalue weighted by molar-refractivity contribution is 0.593. The minimum Gasteiger partial charge on any atom is -0.385 e. The first-order chi connectivity index (χ1) is 8.70. The number of hydrogen-bond acceptors (Lipinski definition) is 3. The lowest BCUT2D eigenvalue weighted by atomic mass is 10.0. The van der Waals surface area contributed by atoms with Crippen molar-refractivity contribution in [2.45, 2.75) is 78.1 Å². The first kappa shape index (κ1) is 17.0. The molecule has 0 amide bonds. The molecule has 0 saturated heterocycles. The Morgan fingerprint density at radius 2 is 1.56 bits per heavy atom. The Balaban J connectivity index is 3.63. The van der Waals surface area contributed by atoms with Crippen molar-refractivity contribution < 1.29 is 0 Å². The predicted molar refractivity (Wildman–Crippen MR) is 81.4 cm³/mol. The zero-order chi connectivity index (χ0) is 13.6. The van der Waals surface area contributed by atoms with Crippen LogP contribution in [0.4, 0.5) is 0 Å². The molecule has 18 heavy (non-hydrogen) atoms. The molecule has 0 aliphatic carbocycles. The van der Waals surface area contributed by atoms with Gasteiger partial charge in [-0.2, -0.15) is 5.10 Å². The second-order valence-electron chi connectivity index (χ2n) is 4.94. The van der Waals surface area contributed by atoms with Gasteiger partial charge in [-0.1, -0.05) is 65.4 Å². The van der Waals surface area contributed by atoms with E-state index >= 15 is 0 Å². The van der Waals surface area contributed by atoms with E-state index in [4.69, 9.17) is 5.73 Å². The average Bonchev–Trinajstić information content (AvgIpc) is 2.34. The van der Waals surface area contributed by atoms with E-state index in [0.717, 1.165) is 19.3 Å². The van der Waals surface area contributed by atoms with Crippen molar-refractivity contribution in [1.29, 1.82) is 0 Å². The molecule has 3 nitrogen and oxygen atoms in total. The van der Waals surface area contributed by atoms with Crippen LogP contribution in [0.1, 0.15) is 78.1 Å². The molecule has 0 heterocycles. The van der Waals surface area contributed by atoms with Crippen LogP contribution in [0.15, 0.2) is 17.5 Å². The molecule has 0 bridgehead atoms. The second kappa shape index (κ2) is 12.5. The molecular weight excluding hydrogens is 222 g/mol. The van der Waals surface area contributed by atoms with Gasteiger partial charge in [-0.05, 0) is 19.3 Å². The van der Waals surface area contributed by atoms with Gasteiger partial charge in [0.2, 0.25) is 0 Å². The first-order valence-corrected chi connectivity index (χ1v) is 7.46. The van der Waals surface area contributed by atoms with Crippen LogP contribution in [-0.4, -0.2) is 5.71 Å². The standard InChI is InChI=1S/C15H31N3/c1-4-6-7-8-9-10-11-13-15(12-5-2)18-17-14(3)16/h17H,3-13,16H2,1-2H3/b18-15+. The van der Waals surface area contributed by atoms with Gasteiger partial charge in [0, 0.05) is 5.71 Å². The van der Waals surface area contributed by atoms with Crippen LogP contribution in [0, 0.1) is 0 Å². The molecule has 3 N–H and O–H groups in total. The van der Waals surface area contributed by atoms with E-state index in [1.54, 1.807) is 0 Å². The molecule has 0 atom stereocenters. The summed E-state index contributed by atoms with van der Waals surface area (Å²) in [4.78, 5) is 0. The van der Waals surface area contributed by atoms with E-state index in [0.29, 0.717) is 5.82 Å². The highest BCUT2D eigenvalue weighted by molar-refractivity contribution is 5.84. The lowest BCUT2D eigenvalue weighted by Crippen LogP contribution is -2.15. The quantitative estimate of drug-likeness (QED) is 0.309. The van der Waals surface area contributed by atoms with Crippen LogP contribution in [0.5, 0.6) is 0 Å². The summed E-state index contributed by atoms with van der Waals surface area (Å²) in [6, 6.07) is 0. The maximum Gasteiger partial charge on any atom is 0.109 e. The summed E-state index contributed by atoms with van der Waals surface area (Å²) in [5, 5.41) is 4.30. The summed E-state index contributed by atoms with van der Waals surface area (Å²) in [6.07, 6.45) is 12.7. The minimum absolute atomic E-state index is 0.420. The Morgan fingerprint density at radius 1 is 0.944 bits per heavy atom. The highest BCUT2D eigenvalue weighted by Gasteiger charge is 1.99. The molecule has 0 aromatic rings. The third-order valence-electron chi connectivity index (χ3n) is 2.97. The van der Waals surface area contributed by atoms with Gasteiger partial charge in [0.1, 0.15) is 5.82 Å². The largest absolute Gasteiger partial charge is 0.385 e. The van der Waals surface area contributed by atoms with Crippen LogP contribution in [0.2, 0.25) is 0 Å². The normalized spacial score (nSPS) is 11.6. The Labute approximate surface area is 113 Å². The van der Waals surface area contributed by atoms with E-state index in [-0.39, 0.29) is 0 Å². The fraction of sp³-hybridized carbons (Fsp3) is 0.800. The first-order valence-electron chi connectivity index (χ1n) is 7.46. The van der Waals surface area contributed by atoms with Crippen molar-refractivity contribution in [3.63, 3.8) is 0 Å². The molecule has 0 radical (unpaired) electrons. The fourth-order valence-electron chi connectivity index (χ4n) is 1.96. The average molecular weight is 253 g/mol. The Bertz CT molecular complexity index is 234. The summed E-state index contributed by atoms with van der Waals surface area (Å²) in [5.41, 5.74) is 9.44. The van der Waals surface area contributed by atoms with Gasteiger partial charge in [0.15, 0.2) is 0 Å². The zero-order valence-corrected chi connectivity index (χ0v) is 12.3. The number of nitrogens with zero attached hydrogens (tertiary/aromatic N) is 1. The number of rotatable bonds is 12. The van der Waals surface area contributed by atoms with E-state index in [1.807, 2.05) is 0 Å². The van der Waals surface area contributed by atoms with Crippen molar-refractivity contribution in [1.82, 2.24) is 5.43 Å². The summed E-state index contributed by atoms with van der Waals surface area (Å²) >= 11 is 0. The molecule has 0 aliphatic rings. The van der Waals surface area contributed by atoms with Crippen LogP contribution >= 0.6 is 0 Å². The van der Waals surface area contributed by atoms with E-state index in [1.165, 1.54) is 50.7 Å². The monoisotopic (exact) mass is 253 g/mol. The Hall–Kier alpha value is -0.990. The molecule has 0 aromatic heterocycles. The molecule has 0 unspecified atom stereocenters. The van der Waals surface area contributed by atoms with Crippen LogP contribution < -0.4 is 11.2 Å². The molecule has 106 valence electrons. The third kappa shape index (κ3) is 11.5. The maximum absolute atomic E-state index is 5.45. The highest BCUT2D eigenvalue weighted by Crippen LogP contribution is 2.10. The molecule has 0 spiro atoms. The van der Waals surface area contributed by atoms with Crippen molar-refractivity contribution in [3.8, 4) is 0 Å². The minimum atomic E-state index is 0.420. The molecule has 0 fully saturated rings. The summed E-state index contributed by atoms with van der Waals surface area (Å²) in [7, 11) is 0. The fourth-order valence-corrected chi connectivity index (χ4v) is 1.96. The van der Waals surface area contributed by atoms with Gasteiger partial charge in [-0.3, -0.25) is 5.43 Å². The van der Waals surface area contributed by atoms with E-state index in [2.05, 4.69) is 31.0 Å². The maximum atomic E-state index is 5.45. The number of nitrogens with two attached hydrogens (primary N) is 1. The van der Waals surface area contributed by atoms with E-state index < -0.39 is 0 Å². The topological polar surface area (TPSA) is 50.4 Å². The summed E-state index contributed by atoms with van der Waals surface area (Å²) < 4.78 is 0. The summed E-state index contributed by atoms with van der Waals surface area (Å²) in [5.74, 6) is 0.420. The SMILES string of the molecule is C=C(N)N/N=C(\CCC)CCCCCCCCC. The molecule has 3 heteroatoms. The summed E-state index contributed by atoms with van der Waals surface area (Å²) in [6.45, 7) is 8.02. The van der Waals surface area contributed by atoms with Crippen molar-refractivity contribution >= 4 is 5.71 Å². The third-order valence-corrected chi connectivity index (χ3v) is 2.97. The van der Waals surface area contributed by atoms with Gasteiger partial charge in [-0.15, -0.1) is 0 Å². The lowest BCUT2D eigenvalue weighted by Gasteiger charge is -2.06. The molecule has 0 rings (SSSR count). The van der Waals surface area contributed by atoms with Gasteiger partial charge in [0.25, 0.3) is 0 Å². The van der Waals surface area contributed by atoms with Gasteiger partial charge in [-0.25, -0.2) is 0 Å². The number of hydrazone groups is 1. The Kier molecular flexibility index (Phi) is 11.8. The number of hydrogen-bond donors (Lipinski definition) is 2. The van der Waals surface area contributed by atoms with Crippen LogP contribution in [0.3, 0.4) is 0 Å². The van der Waals surface area contributed by atoms with Crippen molar-refractivity contribution in [2.75, 3.05) is 0 Å². The highest BCUT2D eigenvalue weighted by atomic mass is 15.3. The molecule has 0 saturated carbocycles. The molecule has 0 aromatic carbocycles. The second-order valence-corrected chi connectivity index (χ2v) is 4.94. The Morgan fingerprint density at radius 3 is 2.11 bits per heavy atom. The van der Waals surface area contributed by atoms with Gasteiger partial charge >= 0.3 is 0 Å². The van der Waals surface area contributed by atoms with E-state index in [9.17, 15) is 0 Å². The molecular formula is C15H31N3. The van der Waals surface area contributed by atoms with Gasteiger partial charge in [0.05, 0.1) is 0 Å². The van der Waals surface area contributed by atoms with Crippen molar-refractivity contribution in [2.24, 2.45) is 10.8 Å². The van der Waals surface area contributed by atoms with Crippen LogP contribution in [-0.2, 0) is 0 Å². The number of unbranched alkanes of at least 4 members (excludes halogenated alkanes) is 6.